The number of pyridine rings is 1. The van der Waals surface area contributed by atoms with E-state index in [0.29, 0.717) is 22.2 Å². The number of benzene rings is 2. The predicted molar refractivity (Wildman–Crippen MR) is 122 cm³/mol. The minimum Gasteiger partial charge on any atom is -0.461 e. The minimum absolute atomic E-state index is 0.0251. The van der Waals surface area contributed by atoms with Crippen LogP contribution in [0.25, 0.3) is 21.5 Å². The number of aromatic nitrogens is 1. The van der Waals surface area contributed by atoms with Crippen molar-refractivity contribution in [3.8, 4) is 10.6 Å². The Morgan fingerprint density at radius 2 is 1.84 bits per heavy atom. The van der Waals surface area contributed by atoms with Crippen LogP contribution in [-0.2, 0) is 14.8 Å². The van der Waals surface area contributed by atoms with Gasteiger partial charge in [-0.25, -0.2) is 22.9 Å². The Balaban J connectivity index is 1.47. The number of esters is 1. The number of ether oxygens (including phenoxy) is 1. The Morgan fingerprint density at radius 1 is 1.06 bits per heavy atom. The first-order valence-electron chi connectivity index (χ1n) is 9.61. The standard InChI is InChI=1S/C23H20N2O4S2/c1-16-8-10-17(11-9-16)31(27,28)24-12-13-29-23(26)19-15-21(22-7-4-14-30-22)25-20-6-3-2-5-18(19)20/h2-11,14-15,24H,12-13H2,1H3. The normalized spacial score (nSPS) is 11.5. The number of rotatable bonds is 7. The van der Waals surface area contributed by atoms with Gasteiger partial charge in [0.15, 0.2) is 0 Å². The second-order valence-corrected chi connectivity index (χ2v) is 9.61. The van der Waals surface area contributed by atoms with Crippen LogP contribution in [0.3, 0.4) is 0 Å². The number of hydrogen-bond donors (Lipinski definition) is 1. The zero-order valence-electron chi connectivity index (χ0n) is 16.7. The number of nitrogens with zero attached hydrogens (tertiary/aromatic N) is 1. The van der Waals surface area contributed by atoms with Crippen molar-refractivity contribution in [3.63, 3.8) is 0 Å². The van der Waals surface area contributed by atoms with Crippen molar-refractivity contribution in [2.75, 3.05) is 13.2 Å². The lowest BCUT2D eigenvalue weighted by molar-refractivity contribution is 0.0515. The van der Waals surface area contributed by atoms with Crippen LogP contribution in [0, 0.1) is 6.92 Å². The average molecular weight is 453 g/mol. The van der Waals surface area contributed by atoms with Crippen LogP contribution in [0.5, 0.6) is 0 Å². The van der Waals surface area contributed by atoms with Crippen LogP contribution < -0.4 is 4.72 Å². The lowest BCUT2D eigenvalue weighted by atomic mass is 10.1. The number of aryl methyl sites for hydroxylation is 1. The van der Waals surface area contributed by atoms with Gasteiger partial charge in [-0.3, -0.25) is 0 Å². The number of hydrogen-bond acceptors (Lipinski definition) is 6. The molecule has 8 heteroatoms. The summed E-state index contributed by atoms with van der Waals surface area (Å²) in [5, 5.41) is 2.64. The summed E-state index contributed by atoms with van der Waals surface area (Å²) >= 11 is 1.54. The lowest BCUT2D eigenvalue weighted by Crippen LogP contribution is -2.28. The van der Waals surface area contributed by atoms with Crippen LogP contribution in [-0.4, -0.2) is 32.5 Å². The molecule has 4 rings (SSSR count). The van der Waals surface area contributed by atoms with Crippen LogP contribution in [0.2, 0.25) is 0 Å². The summed E-state index contributed by atoms with van der Waals surface area (Å²) in [6.45, 7) is 1.77. The maximum atomic E-state index is 12.8. The molecule has 0 amide bonds. The van der Waals surface area contributed by atoms with E-state index in [1.165, 1.54) is 11.3 Å². The van der Waals surface area contributed by atoms with Crippen molar-refractivity contribution >= 4 is 38.2 Å². The molecule has 158 valence electrons. The highest BCUT2D eigenvalue weighted by Gasteiger charge is 2.17. The van der Waals surface area contributed by atoms with Crippen molar-refractivity contribution < 1.29 is 17.9 Å². The Labute approximate surface area is 184 Å². The van der Waals surface area contributed by atoms with Crippen LogP contribution in [0.1, 0.15) is 15.9 Å². The molecule has 2 aromatic carbocycles. The van der Waals surface area contributed by atoms with Crippen molar-refractivity contribution in [2.45, 2.75) is 11.8 Å². The third-order valence-corrected chi connectivity index (χ3v) is 7.04. The maximum absolute atomic E-state index is 12.8. The van der Waals surface area contributed by atoms with E-state index in [2.05, 4.69) is 9.71 Å². The smallest absolute Gasteiger partial charge is 0.338 e. The summed E-state index contributed by atoms with van der Waals surface area (Å²) < 4.78 is 32.5. The second kappa shape index (κ2) is 8.97. The molecule has 0 aliphatic heterocycles. The van der Waals surface area contributed by atoms with Gasteiger partial charge in [0.25, 0.3) is 0 Å². The van der Waals surface area contributed by atoms with E-state index in [0.717, 1.165) is 10.4 Å². The maximum Gasteiger partial charge on any atom is 0.338 e. The summed E-state index contributed by atoms with van der Waals surface area (Å²) in [7, 11) is -3.66. The van der Waals surface area contributed by atoms with Gasteiger partial charge in [-0.1, -0.05) is 42.0 Å². The molecular formula is C23H20N2O4S2. The summed E-state index contributed by atoms with van der Waals surface area (Å²) in [6, 6.07) is 19.5. The number of thiophene rings is 1. The molecule has 2 aromatic heterocycles. The van der Waals surface area contributed by atoms with Crippen LogP contribution >= 0.6 is 11.3 Å². The van der Waals surface area contributed by atoms with E-state index in [1.54, 1.807) is 30.3 Å². The first kappa shape index (κ1) is 21.2. The highest BCUT2D eigenvalue weighted by Crippen LogP contribution is 2.28. The van der Waals surface area contributed by atoms with Crippen molar-refractivity contribution in [1.82, 2.24) is 9.71 Å². The molecule has 1 N–H and O–H groups in total. The zero-order valence-corrected chi connectivity index (χ0v) is 18.4. The monoisotopic (exact) mass is 452 g/mol. The number of fused-ring (bicyclic) bond motifs is 1. The average Bonchev–Trinajstić information content (AvgIpc) is 3.31. The molecule has 0 aliphatic rings. The summed E-state index contributed by atoms with van der Waals surface area (Å²) in [5.41, 5.74) is 2.76. The van der Waals surface area contributed by atoms with E-state index in [4.69, 9.17) is 4.74 Å². The molecule has 0 saturated carbocycles. The highest BCUT2D eigenvalue weighted by molar-refractivity contribution is 7.89. The fourth-order valence-corrected chi connectivity index (χ4v) is 4.79. The van der Waals surface area contributed by atoms with E-state index < -0.39 is 16.0 Å². The molecule has 0 radical (unpaired) electrons. The largest absolute Gasteiger partial charge is 0.461 e. The van der Waals surface area contributed by atoms with Crippen LogP contribution in [0.15, 0.2) is 77.0 Å². The Kier molecular flexibility index (Phi) is 6.13. The number of para-hydroxylation sites is 1. The third kappa shape index (κ3) is 4.82. The molecule has 0 atom stereocenters. The summed E-state index contributed by atoms with van der Waals surface area (Å²) in [4.78, 5) is 18.5. The lowest BCUT2D eigenvalue weighted by Gasteiger charge is -2.10. The number of carbonyl (C=O) groups excluding carboxylic acids is 1. The van der Waals surface area contributed by atoms with Gasteiger partial charge in [0.1, 0.15) is 6.61 Å². The Bertz CT molecular complexity index is 1320. The molecule has 4 aromatic rings. The van der Waals surface area contributed by atoms with E-state index in [1.807, 2.05) is 48.7 Å². The van der Waals surface area contributed by atoms with Gasteiger partial charge in [-0.15, -0.1) is 11.3 Å². The SMILES string of the molecule is Cc1ccc(S(=O)(=O)NCCOC(=O)c2cc(-c3cccs3)nc3ccccc23)cc1. The molecule has 0 fully saturated rings. The topological polar surface area (TPSA) is 85.4 Å². The Hall–Kier alpha value is -3.07. The van der Waals surface area contributed by atoms with Gasteiger partial charge in [-0.2, -0.15) is 0 Å². The van der Waals surface area contributed by atoms with E-state index in [-0.39, 0.29) is 18.0 Å². The van der Waals surface area contributed by atoms with Gasteiger partial charge in [0.2, 0.25) is 10.0 Å². The third-order valence-electron chi connectivity index (χ3n) is 4.67. The molecule has 0 unspecified atom stereocenters. The van der Waals surface area contributed by atoms with Gasteiger partial charge in [0.05, 0.1) is 26.5 Å². The summed E-state index contributed by atoms with van der Waals surface area (Å²) in [5.74, 6) is -0.522. The van der Waals surface area contributed by atoms with Gasteiger partial charge >= 0.3 is 5.97 Å². The zero-order chi connectivity index (χ0) is 21.8. The van der Waals surface area contributed by atoms with E-state index in [9.17, 15) is 13.2 Å². The molecule has 2 heterocycles. The van der Waals surface area contributed by atoms with Crippen molar-refractivity contribution in [2.24, 2.45) is 0 Å². The molecule has 0 bridgehead atoms. The van der Waals surface area contributed by atoms with Crippen molar-refractivity contribution in [3.05, 3.63) is 83.2 Å². The molecule has 0 saturated heterocycles. The quantitative estimate of drug-likeness (QED) is 0.332. The number of nitrogens with one attached hydrogen (secondary N) is 1. The van der Waals surface area contributed by atoms with E-state index >= 15 is 0 Å². The number of carbonyl (C=O) groups is 1. The van der Waals surface area contributed by atoms with Gasteiger partial charge in [0, 0.05) is 11.9 Å². The molecule has 6 nitrogen and oxygen atoms in total. The van der Waals surface area contributed by atoms with Gasteiger partial charge in [-0.05, 0) is 42.6 Å². The van der Waals surface area contributed by atoms with Gasteiger partial charge < -0.3 is 4.74 Å². The first-order valence-corrected chi connectivity index (χ1v) is 12.0. The molecule has 31 heavy (non-hydrogen) atoms. The number of sulfonamides is 1. The van der Waals surface area contributed by atoms with Crippen LogP contribution in [0.4, 0.5) is 0 Å². The predicted octanol–water partition coefficient (Wildman–Crippen LogP) is 4.41. The second-order valence-electron chi connectivity index (χ2n) is 6.90. The van der Waals surface area contributed by atoms with Crippen molar-refractivity contribution in [1.29, 1.82) is 0 Å². The highest BCUT2D eigenvalue weighted by atomic mass is 32.2. The fourth-order valence-electron chi connectivity index (χ4n) is 3.09. The Morgan fingerprint density at radius 3 is 2.58 bits per heavy atom. The molecule has 0 aliphatic carbocycles. The summed E-state index contributed by atoms with van der Waals surface area (Å²) in [6.07, 6.45) is 0. The molecule has 0 spiro atoms. The minimum atomic E-state index is -3.66. The fraction of sp³-hybridized carbons (Fsp3) is 0.130. The first-order chi connectivity index (χ1) is 14.9. The molecular weight excluding hydrogens is 432 g/mol.